The molecule has 4 nitrogen and oxygen atoms in total. The fourth-order valence-electron chi connectivity index (χ4n) is 2.12. The van der Waals surface area contributed by atoms with Crippen LogP contribution < -0.4 is 5.32 Å². The molecule has 0 aliphatic heterocycles. The van der Waals surface area contributed by atoms with Gasteiger partial charge in [-0.1, -0.05) is 19.8 Å². The highest BCUT2D eigenvalue weighted by molar-refractivity contribution is 5.75. The molecular formula is C12H23NO3. The second-order valence-electron chi connectivity index (χ2n) is 4.65. The maximum absolute atomic E-state index is 11.6. The third-order valence-electron chi connectivity index (χ3n) is 3.43. The van der Waals surface area contributed by atoms with E-state index in [0.717, 1.165) is 38.5 Å². The molecule has 0 spiro atoms. The van der Waals surface area contributed by atoms with E-state index in [2.05, 4.69) is 12.2 Å². The van der Waals surface area contributed by atoms with E-state index in [9.17, 15) is 9.90 Å². The molecular weight excluding hydrogens is 206 g/mol. The molecule has 1 atom stereocenters. The molecule has 0 aromatic rings. The highest BCUT2D eigenvalue weighted by Crippen LogP contribution is 2.32. The van der Waals surface area contributed by atoms with E-state index >= 15 is 0 Å². The Hall–Kier alpha value is -0.610. The van der Waals surface area contributed by atoms with Crippen molar-refractivity contribution >= 4 is 5.97 Å². The summed E-state index contributed by atoms with van der Waals surface area (Å²) in [5.74, 6) is -0.215. The van der Waals surface area contributed by atoms with E-state index in [1.807, 2.05) is 0 Å². The SMILES string of the molecule is CCCCC(NC1(CO)CCC1)C(=O)OC. The van der Waals surface area contributed by atoms with Crippen LogP contribution in [-0.2, 0) is 9.53 Å². The minimum atomic E-state index is -0.266. The Morgan fingerprint density at radius 1 is 1.56 bits per heavy atom. The van der Waals surface area contributed by atoms with Crippen LogP contribution in [0.2, 0.25) is 0 Å². The summed E-state index contributed by atoms with van der Waals surface area (Å²) < 4.78 is 4.79. The van der Waals surface area contributed by atoms with Gasteiger partial charge >= 0.3 is 5.97 Å². The van der Waals surface area contributed by atoms with Crippen molar-refractivity contribution in [3.8, 4) is 0 Å². The van der Waals surface area contributed by atoms with E-state index in [1.165, 1.54) is 7.11 Å². The second-order valence-corrected chi connectivity index (χ2v) is 4.65. The molecule has 2 N–H and O–H groups in total. The van der Waals surface area contributed by atoms with Crippen molar-refractivity contribution in [2.45, 2.75) is 57.0 Å². The Bertz CT molecular complexity index is 221. The van der Waals surface area contributed by atoms with E-state index in [0.29, 0.717) is 0 Å². The molecule has 0 radical (unpaired) electrons. The molecule has 16 heavy (non-hydrogen) atoms. The Balaban J connectivity index is 2.51. The summed E-state index contributed by atoms with van der Waals surface area (Å²) in [6.07, 6.45) is 5.85. The van der Waals surface area contributed by atoms with Gasteiger partial charge in [-0.25, -0.2) is 0 Å². The molecule has 1 unspecified atom stereocenters. The molecule has 1 rings (SSSR count). The molecule has 1 fully saturated rings. The number of unbranched alkanes of at least 4 members (excludes halogenated alkanes) is 1. The van der Waals surface area contributed by atoms with Crippen LogP contribution in [0.15, 0.2) is 0 Å². The van der Waals surface area contributed by atoms with E-state index in [1.54, 1.807) is 0 Å². The number of nitrogens with one attached hydrogen (secondary N) is 1. The quantitative estimate of drug-likeness (QED) is 0.645. The number of carbonyl (C=O) groups is 1. The van der Waals surface area contributed by atoms with Gasteiger partial charge in [0.05, 0.1) is 13.7 Å². The smallest absolute Gasteiger partial charge is 0.322 e. The van der Waals surface area contributed by atoms with Gasteiger partial charge in [0.2, 0.25) is 0 Å². The van der Waals surface area contributed by atoms with Gasteiger partial charge in [-0.05, 0) is 25.7 Å². The highest BCUT2D eigenvalue weighted by Gasteiger charge is 2.39. The van der Waals surface area contributed by atoms with Crippen LogP contribution in [0.5, 0.6) is 0 Å². The summed E-state index contributed by atoms with van der Waals surface area (Å²) in [5.41, 5.74) is -0.230. The normalized spacial score (nSPS) is 19.9. The number of carbonyl (C=O) groups excluding carboxylic acids is 1. The lowest BCUT2D eigenvalue weighted by Gasteiger charge is -2.43. The van der Waals surface area contributed by atoms with E-state index < -0.39 is 0 Å². The van der Waals surface area contributed by atoms with Gasteiger partial charge in [0.1, 0.15) is 6.04 Å². The van der Waals surface area contributed by atoms with Gasteiger partial charge in [0.15, 0.2) is 0 Å². The van der Waals surface area contributed by atoms with Gasteiger partial charge in [0.25, 0.3) is 0 Å². The Labute approximate surface area is 97.4 Å². The molecule has 94 valence electrons. The van der Waals surface area contributed by atoms with Crippen molar-refractivity contribution in [2.24, 2.45) is 0 Å². The number of rotatable bonds is 7. The lowest BCUT2D eigenvalue weighted by molar-refractivity contribution is -0.144. The fourth-order valence-corrected chi connectivity index (χ4v) is 2.12. The van der Waals surface area contributed by atoms with Gasteiger partial charge in [-0.3, -0.25) is 10.1 Å². The molecule has 1 saturated carbocycles. The van der Waals surface area contributed by atoms with Crippen molar-refractivity contribution in [3.63, 3.8) is 0 Å². The zero-order valence-electron chi connectivity index (χ0n) is 10.3. The van der Waals surface area contributed by atoms with Crippen molar-refractivity contribution in [3.05, 3.63) is 0 Å². The van der Waals surface area contributed by atoms with Crippen LogP contribution in [0.1, 0.15) is 45.4 Å². The van der Waals surface area contributed by atoms with Crippen molar-refractivity contribution in [1.29, 1.82) is 0 Å². The van der Waals surface area contributed by atoms with Crippen molar-refractivity contribution in [2.75, 3.05) is 13.7 Å². The zero-order valence-corrected chi connectivity index (χ0v) is 10.3. The highest BCUT2D eigenvalue weighted by atomic mass is 16.5. The first kappa shape index (κ1) is 13.5. The maximum Gasteiger partial charge on any atom is 0.322 e. The predicted molar refractivity (Wildman–Crippen MR) is 62.1 cm³/mol. The number of hydrogen-bond donors (Lipinski definition) is 2. The largest absolute Gasteiger partial charge is 0.468 e. The first-order valence-electron chi connectivity index (χ1n) is 6.14. The van der Waals surface area contributed by atoms with Gasteiger partial charge in [-0.2, -0.15) is 0 Å². The lowest BCUT2D eigenvalue weighted by atomic mass is 9.76. The molecule has 0 amide bonds. The van der Waals surface area contributed by atoms with Crippen LogP contribution in [0.25, 0.3) is 0 Å². The van der Waals surface area contributed by atoms with Crippen LogP contribution in [0.3, 0.4) is 0 Å². The summed E-state index contributed by atoms with van der Waals surface area (Å²) in [7, 11) is 1.41. The number of esters is 1. The molecule has 0 heterocycles. The van der Waals surface area contributed by atoms with Crippen molar-refractivity contribution < 1.29 is 14.6 Å². The van der Waals surface area contributed by atoms with Gasteiger partial charge in [-0.15, -0.1) is 0 Å². The first-order valence-corrected chi connectivity index (χ1v) is 6.14. The number of aliphatic hydroxyl groups excluding tert-OH is 1. The second kappa shape index (κ2) is 6.21. The molecule has 4 heteroatoms. The molecule has 1 aliphatic carbocycles. The first-order chi connectivity index (χ1) is 7.67. The average Bonchev–Trinajstić information content (AvgIpc) is 2.26. The molecule has 0 aromatic heterocycles. The molecule has 1 aliphatic rings. The summed E-state index contributed by atoms with van der Waals surface area (Å²) in [5, 5.41) is 12.6. The van der Waals surface area contributed by atoms with Crippen LogP contribution >= 0.6 is 0 Å². The number of ether oxygens (including phenoxy) is 1. The Morgan fingerprint density at radius 2 is 2.25 bits per heavy atom. The van der Waals surface area contributed by atoms with Crippen LogP contribution in [0.4, 0.5) is 0 Å². The molecule has 0 aromatic carbocycles. The predicted octanol–water partition coefficient (Wildman–Crippen LogP) is 1.22. The topological polar surface area (TPSA) is 58.6 Å². The minimum Gasteiger partial charge on any atom is -0.468 e. The lowest BCUT2D eigenvalue weighted by Crippen LogP contribution is -2.59. The van der Waals surface area contributed by atoms with Gasteiger partial charge < -0.3 is 9.84 Å². The average molecular weight is 229 g/mol. The summed E-state index contributed by atoms with van der Waals surface area (Å²) in [6.45, 7) is 2.20. The van der Waals surface area contributed by atoms with Crippen LogP contribution in [-0.4, -0.2) is 36.4 Å². The number of hydrogen-bond acceptors (Lipinski definition) is 4. The number of aliphatic hydroxyl groups is 1. The zero-order chi connectivity index (χ0) is 12.0. The Kier molecular flexibility index (Phi) is 5.22. The van der Waals surface area contributed by atoms with E-state index in [-0.39, 0.29) is 24.2 Å². The monoisotopic (exact) mass is 229 g/mol. The summed E-state index contributed by atoms with van der Waals surface area (Å²) in [4.78, 5) is 11.6. The Morgan fingerprint density at radius 3 is 2.62 bits per heavy atom. The van der Waals surface area contributed by atoms with Crippen molar-refractivity contribution in [1.82, 2.24) is 5.32 Å². The van der Waals surface area contributed by atoms with Crippen LogP contribution in [0, 0.1) is 0 Å². The number of methoxy groups -OCH3 is 1. The molecule has 0 saturated heterocycles. The standard InChI is InChI=1S/C12H23NO3/c1-3-4-6-10(11(15)16-2)13-12(9-14)7-5-8-12/h10,13-14H,3-9H2,1-2H3. The fraction of sp³-hybridized carbons (Fsp3) is 0.917. The maximum atomic E-state index is 11.6. The summed E-state index contributed by atoms with van der Waals surface area (Å²) in [6, 6.07) is -0.266. The third-order valence-corrected chi connectivity index (χ3v) is 3.43. The van der Waals surface area contributed by atoms with Gasteiger partial charge in [0, 0.05) is 5.54 Å². The molecule has 0 bridgehead atoms. The minimum absolute atomic E-state index is 0.104. The van der Waals surface area contributed by atoms with E-state index in [4.69, 9.17) is 4.74 Å². The third kappa shape index (κ3) is 3.19. The summed E-state index contributed by atoms with van der Waals surface area (Å²) >= 11 is 0.